The van der Waals surface area contributed by atoms with E-state index in [0.717, 1.165) is 44.1 Å². The van der Waals surface area contributed by atoms with Gasteiger partial charge in [0.05, 0.1) is 19.8 Å². The summed E-state index contributed by atoms with van der Waals surface area (Å²) < 4.78 is 45.6. The van der Waals surface area contributed by atoms with Crippen molar-refractivity contribution in [3.05, 3.63) is 109 Å². The zero-order valence-electron chi connectivity index (χ0n) is 41.7. The average Bonchev–Trinajstić information content (AvgIpc) is 3.34. The first-order chi connectivity index (χ1) is 32.7. The third-order valence-corrected chi connectivity index (χ3v) is 18.2. The van der Waals surface area contributed by atoms with Gasteiger partial charge in [0.25, 0.3) is 8.32 Å². The van der Waals surface area contributed by atoms with Crippen LogP contribution in [0.4, 0.5) is 0 Å². The van der Waals surface area contributed by atoms with Crippen LogP contribution >= 0.6 is 0 Å². The average molecular weight is 941 g/mol. The fourth-order valence-electron chi connectivity index (χ4n) is 9.52. The monoisotopic (exact) mass is 941 g/mol. The molecule has 0 spiro atoms. The van der Waals surface area contributed by atoms with Crippen LogP contribution in [0.5, 0.6) is 0 Å². The molecular weight excluding hydrogens is 857 g/mol. The number of esters is 2. The van der Waals surface area contributed by atoms with Crippen molar-refractivity contribution in [2.24, 2.45) is 0 Å². The van der Waals surface area contributed by atoms with Crippen molar-refractivity contribution in [2.75, 3.05) is 19.8 Å². The van der Waals surface area contributed by atoms with Gasteiger partial charge < -0.3 is 32.8 Å². The van der Waals surface area contributed by atoms with Crippen LogP contribution in [0.1, 0.15) is 175 Å². The summed E-state index contributed by atoms with van der Waals surface area (Å²) >= 11 is 0. The molecule has 3 aromatic rings. The molecule has 3 aromatic carbocycles. The van der Waals surface area contributed by atoms with Crippen LogP contribution in [0.2, 0.25) is 5.04 Å². The number of hydrogen-bond acceptors (Lipinski definition) is 9. The summed E-state index contributed by atoms with van der Waals surface area (Å²) in [5.41, 5.74) is 0.837. The van der Waals surface area contributed by atoms with Gasteiger partial charge in [-0.1, -0.05) is 240 Å². The van der Waals surface area contributed by atoms with E-state index < -0.39 is 45.3 Å². The maximum absolute atomic E-state index is 13.8. The summed E-state index contributed by atoms with van der Waals surface area (Å²) in [7, 11) is -2.75. The third-order valence-electron chi connectivity index (χ3n) is 13.2. The summed E-state index contributed by atoms with van der Waals surface area (Å²) in [5, 5.41) is 2.25. The molecule has 0 aliphatic carbocycles. The van der Waals surface area contributed by atoms with Gasteiger partial charge in [0.1, 0.15) is 12.2 Å². The smallest absolute Gasteiger partial charge is 0.306 e. The zero-order valence-corrected chi connectivity index (χ0v) is 42.7. The van der Waals surface area contributed by atoms with E-state index in [1.165, 1.54) is 87.4 Å². The van der Waals surface area contributed by atoms with Crippen LogP contribution in [0.3, 0.4) is 0 Å². The van der Waals surface area contributed by atoms with Crippen LogP contribution < -0.4 is 10.4 Å². The number of carbonyl (C=O) groups excluding carboxylic acids is 2. The van der Waals surface area contributed by atoms with E-state index in [4.69, 9.17) is 32.8 Å². The highest BCUT2D eigenvalue weighted by Gasteiger charge is 2.54. The highest BCUT2D eigenvalue weighted by Crippen LogP contribution is 2.38. The van der Waals surface area contributed by atoms with Crippen molar-refractivity contribution < 1.29 is 42.4 Å². The predicted molar refractivity (Wildman–Crippen MR) is 271 cm³/mol. The molecule has 2 fully saturated rings. The summed E-state index contributed by atoms with van der Waals surface area (Å²) in [6.45, 7) is 11.9. The van der Waals surface area contributed by atoms with Gasteiger partial charge in [0.2, 0.25) is 0 Å². The maximum Gasteiger partial charge on any atom is 0.306 e. The molecule has 2 saturated heterocycles. The van der Waals surface area contributed by atoms with E-state index in [-0.39, 0.29) is 43.0 Å². The lowest BCUT2D eigenvalue weighted by Crippen LogP contribution is -2.66. The van der Waals surface area contributed by atoms with Gasteiger partial charge in [-0.15, -0.1) is 0 Å². The number of rotatable bonds is 31. The Kier molecular flexibility index (Phi) is 24.4. The van der Waals surface area contributed by atoms with Gasteiger partial charge in [-0.3, -0.25) is 9.59 Å². The topological polar surface area (TPSA) is 98.8 Å². The second-order valence-electron chi connectivity index (χ2n) is 19.6. The molecule has 0 N–H and O–H groups in total. The van der Waals surface area contributed by atoms with Crippen molar-refractivity contribution in [3.63, 3.8) is 0 Å². The van der Waals surface area contributed by atoms with Crippen molar-refractivity contribution in [3.8, 4) is 0 Å². The number of ether oxygens (including phenoxy) is 6. The number of unbranched alkanes of at least 4 members (excludes halogenated alkanes) is 16. The number of benzene rings is 3. The van der Waals surface area contributed by atoms with Gasteiger partial charge in [-0.2, -0.15) is 0 Å². The fourth-order valence-corrected chi connectivity index (χ4v) is 14.0. The highest BCUT2D eigenvalue weighted by atomic mass is 28.4. The molecule has 370 valence electrons. The standard InChI is InChI=1S/C57H84O9Si/c1-6-8-10-12-14-16-18-20-31-41-50(58)64-53-52-49(45-61-55(66-52)46-35-25-22-26-36-46)63-56(54(53)65-51(59)42-32-21-19-17-15-13-11-9-7-2)60-43-33-34-44-62-67(57(3,4)5,47-37-27-23-28-38-47)48-39-29-24-30-40-48/h22-30,33-40,49,52-56H,6-21,31-32,41-45H2,1-5H3/b34-33-/t49-,52-,53+,54+,55-,56-/m1/s1. The fraction of sp³-hybridized carbons (Fsp3) is 0.614. The minimum absolute atomic E-state index is 0.145. The quantitative estimate of drug-likeness (QED) is 0.0270. The zero-order chi connectivity index (χ0) is 47.6. The molecule has 5 rings (SSSR count). The van der Waals surface area contributed by atoms with Crippen LogP contribution in [-0.4, -0.2) is 70.8 Å². The van der Waals surface area contributed by atoms with Gasteiger partial charge in [-0.05, 0) is 28.3 Å². The Hall–Kier alpha value is -3.64. The first kappa shape index (κ1) is 54.3. The lowest BCUT2D eigenvalue weighted by atomic mass is 9.97. The number of fused-ring (bicyclic) bond motifs is 1. The Labute approximate surface area is 405 Å². The summed E-state index contributed by atoms with van der Waals surface area (Å²) in [5.74, 6) is -0.719. The van der Waals surface area contributed by atoms with E-state index in [1.54, 1.807) is 0 Å². The molecular formula is C57H84O9Si. The molecule has 0 aromatic heterocycles. The molecule has 0 unspecified atom stereocenters. The molecule has 0 bridgehead atoms. The van der Waals surface area contributed by atoms with Gasteiger partial charge in [-0.25, -0.2) is 0 Å². The van der Waals surface area contributed by atoms with E-state index in [0.29, 0.717) is 6.61 Å². The van der Waals surface area contributed by atoms with Gasteiger partial charge >= 0.3 is 11.9 Å². The first-order valence-electron chi connectivity index (χ1n) is 26.1. The third kappa shape index (κ3) is 17.4. The van der Waals surface area contributed by atoms with Crippen molar-refractivity contribution >= 4 is 30.6 Å². The minimum atomic E-state index is -2.75. The van der Waals surface area contributed by atoms with E-state index in [1.807, 2.05) is 54.6 Å². The Balaban J connectivity index is 1.30. The van der Waals surface area contributed by atoms with E-state index in [2.05, 4.69) is 83.1 Å². The molecule has 2 aliphatic rings. The Bertz CT molecular complexity index is 1780. The molecule has 10 heteroatoms. The second-order valence-corrected chi connectivity index (χ2v) is 23.9. The SMILES string of the molecule is CCCCCCCCCCCC(=O)O[C@@H]1[C@H](OC(=O)CCCCCCCCCCC)[C@H](OC/C=C\CO[Si](c2ccccc2)(c2ccccc2)C(C)(C)C)O[C@@H]2CO[C@@H](c3ccccc3)O[C@@H]12. The summed E-state index contributed by atoms with van der Waals surface area (Å²) in [4.78, 5) is 27.5. The lowest BCUT2D eigenvalue weighted by molar-refractivity contribution is -0.361. The largest absolute Gasteiger partial charge is 0.455 e. The molecule has 2 heterocycles. The predicted octanol–water partition coefficient (Wildman–Crippen LogP) is 12.6. The molecule has 2 aliphatic heterocycles. The molecule has 9 nitrogen and oxygen atoms in total. The van der Waals surface area contributed by atoms with Gasteiger partial charge in [0, 0.05) is 18.4 Å². The lowest BCUT2D eigenvalue weighted by Gasteiger charge is -2.48. The van der Waals surface area contributed by atoms with E-state index >= 15 is 0 Å². The Morgan fingerprint density at radius 1 is 0.582 bits per heavy atom. The van der Waals surface area contributed by atoms with Crippen LogP contribution in [0.15, 0.2) is 103 Å². The minimum Gasteiger partial charge on any atom is -0.455 e. The van der Waals surface area contributed by atoms with Gasteiger partial charge in [0.15, 0.2) is 24.8 Å². The van der Waals surface area contributed by atoms with Crippen molar-refractivity contribution in [2.45, 2.75) is 205 Å². The van der Waals surface area contributed by atoms with E-state index in [9.17, 15) is 9.59 Å². The second kappa shape index (κ2) is 30.1. The summed E-state index contributed by atoms with van der Waals surface area (Å²) in [6, 6.07) is 30.8. The number of hydrogen-bond donors (Lipinski definition) is 0. The summed E-state index contributed by atoms with van der Waals surface area (Å²) in [6.07, 6.45) is 19.7. The molecule has 6 atom stereocenters. The van der Waals surface area contributed by atoms with Crippen LogP contribution in [0.25, 0.3) is 0 Å². The first-order valence-corrected chi connectivity index (χ1v) is 28.0. The highest BCUT2D eigenvalue weighted by molar-refractivity contribution is 6.99. The molecule has 0 saturated carbocycles. The van der Waals surface area contributed by atoms with Crippen LogP contribution in [-0.2, 0) is 42.4 Å². The number of carbonyl (C=O) groups is 2. The Morgan fingerprint density at radius 3 is 1.52 bits per heavy atom. The normalized spacial score (nSPS) is 21.0. The van der Waals surface area contributed by atoms with Crippen molar-refractivity contribution in [1.29, 1.82) is 0 Å². The molecule has 0 amide bonds. The Morgan fingerprint density at radius 2 is 1.03 bits per heavy atom. The van der Waals surface area contributed by atoms with Crippen LogP contribution in [0, 0.1) is 0 Å². The molecule has 0 radical (unpaired) electrons. The molecule has 67 heavy (non-hydrogen) atoms. The van der Waals surface area contributed by atoms with Crippen molar-refractivity contribution in [1.82, 2.24) is 0 Å². The maximum atomic E-state index is 13.8.